The lowest BCUT2D eigenvalue weighted by atomic mass is 10.1. The molecule has 1 N–H and O–H groups in total. The van der Waals surface area contributed by atoms with Crippen LogP contribution in [-0.4, -0.2) is 52.2 Å². The predicted octanol–water partition coefficient (Wildman–Crippen LogP) is 5.14. The van der Waals surface area contributed by atoms with Gasteiger partial charge in [0.1, 0.15) is 5.75 Å². The van der Waals surface area contributed by atoms with Crippen LogP contribution in [0.5, 0.6) is 11.6 Å². The maximum Gasteiger partial charge on any atom is 0.227 e. The lowest BCUT2D eigenvalue weighted by molar-refractivity contribution is 0.0173. The molecule has 0 spiro atoms. The van der Waals surface area contributed by atoms with Gasteiger partial charge in [0.2, 0.25) is 5.88 Å². The second-order valence-corrected chi connectivity index (χ2v) is 8.94. The van der Waals surface area contributed by atoms with Crippen LogP contribution in [0.2, 0.25) is 0 Å². The Morgan fingerprint density at radius 1 is 1.03 bits per heavy atom. The van der Waals surface area contributed by atoms with Crippen molar-refractivity contribution in [2.24, 2.45) is 5.92 Å². The van der Waals surface area contributed by atoms with Gasteiger partial charge in [-0.1, -0.05) is 44.2 Å². The van der Waals surface area contributed by atoms with E-state index in [0.717, 1.165) is 34.8 Å². The van der Waals surface area contributed by atoms with E-state index in [1.54, 1.807) is 0 Å². The smallest absolute Gasteiger partial charge is 0.227 e. The molecule has 6 nitrogen and oxygen atoms in total. The molecule has 0 unspecified atom stereocenters. The molecule has 2 aromatic carbocycles. The van der Waals surface area contributed by atoms with Crippen molar-refractivity contribution in [3.63, 3.8) is 0 Å². The van der Waals surface area contributed by atoms with Crippen LogP contribution in [-0.2, 0) is 11.3 Å². The average Bonchev–Trinajstić information content (AvgIpc) is 3.07. The summed E-state index contributed by atoms with van der Waals surface area (Å²) < 4.78 is 13.8. The number of para-hydroxylation sites is 1. The van der Waals surface area contributed by atoms with E-state index in [0.29, 0.717) is 38.1 Å². The number of hydrogen-bond donors (Lipinski definition) is 1. The van der Waals surface area contributed by atoms with E-state index in [2.05, 4.69) is 31.7 Å². The Balaban J connectivity index is 1.97. The SMILES string of the molecule is CCOC[C@@H](O)CN(Cc1c(C)nn(-c2ccccc2)c1Oc1cccc(C)c1)CC(C)C. The Morgan fingerprint density at radius 3 is 2.45 bits per heavy atom. The van der Waals surface area contributed by atoms with Crippen LogP contribution in [0.15, 0.2) is 54.6 Å². The summed E-state index contributed by atoms with van der Waals surface area (Å²) >= 11 is 0. The fourth-order valence-electron chi connectivity index (χ4n) is 3.91. The van der Waals surface area contributed by atoms with Gasteiger partial charge in [-0.05, 0) is 56.5 Å². The first-order chi connectivity index (χ1) is 15.9. The standard InChI is InChI=1S/C27H37N3O3/c1-6-32-19-24(31)17-29(16-20(2)3)18-26-22(5)28-30(23-12-8-7-9-13-23)27(26)33-25-14-10-11-21(4)15-25/h7-15,20,24,31H,6,16-19H2,1-5H3/t24-/m0/s1. The maximum atomic E-state index is 10.5. The molecule has 0 aliphatic heterocycles. The summed E-state index contributed by atoms with van der Waals surface area (Å²) in [5.74, 6) is 1.94. The minimum absolute atomic E-state index is 0.333. The first kappa shape index (κ1) is 25.0. The van der Waals surface area contributed by atoms with Crippen LogP contribution in [0.3, 0.4) is 0 Å². The van der Waals surface area contributed by atoms with Crippen molar-refractivity contribution in [1.29, 1.82) is 0 Å². The second kappa shape index (κ2) is 12.0. The molecule has 6 heteroatoms. The lowest BCUT2D eigenvalue weighted by Gasteiger charge is -2.27. The van der Waals surface area contributed by atoms with E-state index in [9.17, 15) is 5.11 Å². The molecule has 0 fully saturated rings. The fraction of sp³-hybridized carbons (Fsp3) is 0.444. The van der Waals surface area contributed by atoms with Crippen LogP contribution in [0, 0.1) is 19.8 Å². The van der Waals surface area contributed by atoms with E-state index in [-0.39, 0.29) is 0 Å². The summed E-state index contributed by atoms with van der Waals surface area (Å²) in [6, 6.07) is 18.1. The normalized spacial score (nSPS) is 12.5. The Kier molecular flexibility index (Phi) is 9.06. The monoisotopic (exact) mass is 451 g/mol. The van der Waals surface area contributed by atoms with Gasteiger partial charge in [-0.25, -0.2) is 4.68 Å². The van der Waals surface area contributed by atoms with E-state index in [1.165, 1.54) is 0 Å². The Hall–Kier alpha value is -2.67. The van der Waals surface area contributed by atoms with Gasteiger partial charge in [0.25, 0.3) is 0 Å². The summed E-state index contributed by atoms with van der Waals surface area (Å²) in [7, 11) is 0. The average molecular weight is 452 g/mol. The van der Waals surface area contributed by atoms with Crippen molar-refractivity contribution in [2.45, 2.75) is 47.3 Å². The molecular weight excluding hydrogens is 414 g/mol. The molecule has 178 valence electrons. The molecular formula is C27H37N3O3. The van der Waals surface area contributed by atoms with Gasteiger partial charge in [0, 0.05) is 26.2 Å². The molecule has 1 aromatic heterocycles. The van der Waals surface area contributed by atoms with Gasteiger partial charge in [-0.2, -0.15) is 5.10 Å². The molecule has 0 radical (unpaired) electrons. The first-order valence-corrected chi connectivity index (χ1v) is 11.7. The highest BCUT2D eigenvalue weighted by Gasteiger charge is 2.23. The largest absolute Gasteiger partial charge is 0.439 e. The van der Waals surface area contributed by atoms with Gasteiger partial charge in [-0.15, -0.1) is 0 Å². The van der Waals surface area contributed by atoms with Crippen LogP contribution in [0.1, 0.15) is 37.6 Å². The van der Waals surface area contributed by atoms with E-state index in [1.807, 2.05) is 67.1 Å². The molecule has 33 heavy (non-hydrogen) atoms. The number of rotatable bonds is 12. The van der Waals surface area contributed by atoms with Gasteiger partial charge in [0.05, 0.1) is 29.7 Å². The maximum absolute atomic E-state index is 10.5. The lowest BCUT2D eigenvalue weighted by Crippen LogP contribution is -2.37. The summed E-state index contributed by atoms with van der Waals surface area (Å²) in [6.07, 6.45) is -0.547. The summed E-state index contributed by atoms with van der Waals surface area (Å²) in [4.78, 5) is 2.26. The van der Waals surface area contributed by atoms with Crippen LogP contribution in [0.4, 0.5) is 0 Å². The molecule has 0 saturated carbocycles. The Bertz CT molecular complexity index is 1000. The van der Waals surface area contributed by atoms with Crippen LogP contribution < -0.4 is 4.74 Å². The third kappa shape index (κ3) is 7.16. The highest BCUT2D eigenvalue weighted by Crippen LogP contribution is 2.32. The zero-order valence-corrected chi connectivity index (χ0v) is 20.5. The number of aromatic nitrogens is 2. The number of hydrogen-bond acceptors (Lipinski definition) is 5. The van der Waals surface area contributed by atoms with Crippen molar-refractivity contribution in [3.8, 4) is 17.3 Å². The summed E-state index contributed by atoms with van der Waals surface area (Å²) in [5, 5.41) is 15.3. The number of nitrogens with zero attached hydrogens (tertiary/aromatic N) is 3. The predicted molar refractivity (Wildman–Crippen MR) is 132 cm³/mol. The van der Waals surface area contributed by atoms with Gasteiger partial charge in [-0.3, -0.25) is 4.90 Å². The van der Waals surface area contributed by atoms with Crippen molar-refractivity contribution in [1.82, 2.24) is 14.7 Å². The molecule has 1 heterocycles. The molecule has 0 aliphatic carbocycles. The molecule has 0 aliphatic rings. The Morgan fingerprint density at radius 2 is 1.79 bits per heavy atom. The van der Waals surface area contributed by atoms with E-state index in [4.69, 9.17) is 14.6 Å². The molecule has 0 saturated heterocycles. The molecule has 0 bridgehead atoms. The quantitative estimate of drug-likeness (QED) is 0.413. The Labute approximate surface area is 197 Å². The zero-order valence-electron chi connectivity index (χ0n) is 20.5. The number of aliphatic hydroxyl groups is 1. The van der Waals surface area contributed by atoms with Crippen molar-refractivity contribution < 1.29 is 14.6 Å². The second-order valence-electron chi connectivity index (χ2n) is 8.94. The number of aryl methyl sites for hydroxylation is 2. The van der Waals surface area contributed by atoms with Gasteiger partial charge in [0.15, 0.2) is 0 Å². The fourth-order valence-corrected chi connectivity index (χ4v) is 3.91. The molecule has 3 aromatic rings. The van der Waals surface area contributed by atoms with Crippen molar-refractivity contribution in [2.75, 3.05) is 26.3 Å². The molecule has 1 atom stereocenters. The minimum Gasteiger partial charge on any atom is -0.439 e. The minimum atomic E-state index is -0.547. The number of aliphatic hydroxyl groups excluding tert-OH is 1. The van der Waals surface area contributed by atoms with Crippen LogP contribution >= 0.6 is 0 Å². The third-order valence-electron chi connectivity index (χ3n) is 5.33. The van der Waals surface area contributed by atoms with E-state index < -0.39 is 6.10 Å². The van der Waals surface area contributed by atoms with E-state index >= 15 is 0 Å². The first-order valence-electron chi connectivity index (χ1n) is 11.7. The highest BCUT2D eigenvalue weighted by molar-refractivity contribution is 5.43. The number of ether oxygens (including phenoxy) is 2. The molecule has 3 rings (SSSR count). The van der Waals surface area contributed by atoms with Crippen molar-refractivity contribution in [3.05, 3.63) is 71.4 Å². The third-order valence-corrected chi connectivity index (χ3v) is 5.33. The summed E-state index contributed by atoms with van der Waals surface area (Å²) in [6.45, 7) is 13.3. The van der Waals surface area contributed by atoms with Gasteiger partial charge >= 0.3 is 0 Å². The topological polar surface area (TPSA) is 59.8 Å². The number of benzene rings is 2. The van der Waals surface area contributed by atoms with Crippen molar-refractivity contribution >= 4 is 0 Å². The summed E-state index contributed by atoms with van der Waals surface area (Å²) in [5.41, 5.74) is 4.01. The zero-order chi connectivity index (χ0) is 23.8. The van der Waals surface area contributed by atoms with Crippen LogP contribution in [0.25, 0.3) is 5.69 Å². The van der Waals surface area contributed by atoms with Gasteiger partial charge < -0.3 is 14.6 Å². The highest BCUT2D eigenvalue weighted by atomic mass is 16.5. The molecule has 0 amide bonds.